The van der Waals surface area contributed by atoms with Gasteiger partial charge in [-0.05, 0) is 38.6 Å². The number of rotatable bonds is 8. The standard InChI is InChI=1S/C16H31N3S/c1-8-12(4)15-14(10-17-6)20-16(18-15)19(7)13(5)9-11(2)3/h11-13,17H,8-10H2,1-7H3. The molecule has 0 fully saturated rings. The van der Waals surface area contributed by atoms with Crippen LogP contribution in [0.5, 0.6) is 0 Å². The molecule has 0 radical (unpaired) electrons. The number of hydrogen-bond acceptors (Lipinski definition) is 4. The van der Waals surface area contributed by atoms with Crippen LogP contribution in [0.3, 0.4) is 0 Å². The van der Waals surface area contributed by atoms with Crippen LogP contribution in [0, 0.1) is 5.92 Å². The van der Waals surface area contributed by atoms with Crippen molar-refractivity contribution in [1.82, 2.24) is 10.3 Å². The molecule has 20 heavy (non-hydrogen) atoms. The van der Waals surface area contributed by atoms with Gasteiger partial charge in [0.25, 0.3) is 0 Å². The van der Waals surface area contributed by atoms with Crippen molar-refractivity contribution in [3.05, 3.63) is 10.6 Å². The van der Waals surface area contributed by atoms with E-state index in [1.165, 1.54) is 22.1 Å². The fourth-order valence-electron chi connectivity index (χ4n) is 2.40. The first-order valence-corrected chi connectivity index (χ1v) is 8.59. The molecular weight excluding hydrogens is 266 g/mol. The second kappa shape index (κ2) is 7.99. The van der Waals surface area contributed by atoms with Gasteiger partial charge in [-0.1, -0.05) is 27.7 Å². The summed E-state index contributed by atoms with van der Waals surface area (Å²) < 4.78 is 0. The third-order valence-electron chi connectivity index (χ3n) is 3.91. The van der Waals surface area contributed by atoms with Gasteiger partial charge < -0.3 is 10.2 Å². The number of aromatic nitrogens is 1. The van der Waals surface area contributed by atoms with Gasteiger partial charge in [-0.2, -0.15) is 0 Å². The molecule has 0 aliphatic carbocycles. The second-order valence-electron chi connectivity index (χ2n) is 6.23. The van der Waals surface area contributed by atoms with E-state index in [-0.39, 0.29) is 0 Å². The largest absolute Gasteiger partial charge is 0.348 e. The van der Waals surface area contributed by atoms with Crippen LogP contribution >= 0.6 is 11.3 Å². The predicted molar refractivity (Wildman–Crippen MR) is 90.9 cm³/mol. The quantitative estimate of drug-likeness (QED) is 0.777. The van der Waals surface area contributed by atoms with E-state index < -0.39 is 0 Å². The van der Waals surface area contributed by atoms with Crippen LogP contribution in [0.4, 0.5) is 5.13 Å². The summed E-state index contributed by atoms with van der Waals surface area (Å²) in [4.78, 5) is 8.66. The summed E-state index contributed by atoms with van der Waals surface area (Å²) >= 11 is 1.84. The second-order valence-corrected chi connectivity index (χ2v) is 7.30. The Morgan fingerprint density at radius 3 is 2.40 bits per heavy atom. The van der Waals surface area contributed by atoms with E-state index in [1.807, 2.05) is 18.4 Å². The zero-order valence-corrected chi connectivity index (χ0v) is 15.0. The first kappa shape index (κ1) is 17.4. The molecular formula is C16H31N3S. The molecule has 4 heteroatoms. The fourth-order valence-corrected chi connectivity index (χ4v) is 3.65. The van der Waals surface area contributed by atoms with Crippen LogP contribution in [-0.4, -0.2) is 25.1 Å². The Bertz CT molecular complexity index is 400. The van der Waals surface area contributed by atoms with Crippen LogP contribution in [0.25, 0.3) is 0 Å². The van der Waals surface area contributed by atoms with Crippen molar-refractivity contribution in [3.8, 4) is 0 Å². The molecule has 1 aromatic rings. The highest BCUT2D eigenvalue weighted by atomic mass is 32.1. The topological polar surface area (TPSA) is 28.2 Å². The monoisotopic (exact) mass is 297 g/mol. The average molecular weight is 298 g/mol. The molecule has 2 atom stereocenters. The molecule has 0 bridgehead atoms. The van der Waals surface area contributed by atoms with Gasteiger partial charge in [0.15, 0.2) is 5.13 Å². The highest BCUT2D eigenvalue weighted by Crippen LogP contribution is 2.33. The zero-order valence-electron chi connectivity index (χ0n) is 14.2. The highest BCUT2D eigenvalue weighted by molar-refractivity contribution is 7.15. The Balaban J connectivity index is 2.95. The van der Waals surface area contributed by atoms with Gasteiger partial charge in [0, 0.05) is 24.5 Å². The molecule has 0 aliphatic rings. The Kier molecular flexibility index (Phi) is 6.96. The lowest BCUT2D eigenvalue weighted by Gasteiger charge is -2.25. The molecule has 0 saturated carbocycles. The maximum atomic E-state index is 4.93. The maximum Gasteiger partial charge on any atom is 0.185 e. The lowest BCUT2D eigenvalue weighted by atomic mass is 10.0. The Morgan fingerprint density at radius 1 is 1.25 bits per heavy atom. The number of nitrogens with zero attached hydrogens (tertiary/aromatic N) is 2. The van der Waals surface area contributed by atoms with Gasteiger partial charge in [0.05, 0.1) is 5.69 Å². The zero-order chi connectivity index (χ0) is 15.3. The third kappa shape index (κ3) is 4.45. The van der Waals surface area contributed by atoms with Crippen molar-refractivity contribution in [2.45, 2.75) is 66.0 Å². The minimum absolute atomic E-state index is 0.536. The summed E-state index contributed by atoms with van der Waals surface area (Å²) in [7, 11) is 4.18. The van der Waals surface area contributed by atoms with Crippen LogP contribution in [0.15, 0.2) is 0 Å². The first-order chi connectivity index (χ1) is 9.40. The summed E-state index contributed by atoms with van der Waals surface area (Å²) in [6.45, 7) is 12.3. The van der Waals surface area contributed by atoms with Gasteiger partial charge in [-0.15, -0.1) is 11.3 Å². The number of thiazole rings is 1. The van der Waals surface area contributed by atoms with Gasteiger partial charge in [0.2, 0.25) is 0 Å². The molecule has 116 valence electrons. The van der Waals surface area contributed by atoms with Crippen LogP contribution < -0.4 is 10.2 Å². The lowest BCUT2D eigenvalue weighted by molar-refractivity contribution is 0.503. The predicted octanol–water partition coefficient (Wildman–Crippen LogP) is 4.25. The smallest absolute Gasteiger partial charge is 0.185 e. The summed E-state index contributed by atoms with van der Waals surface area (Å²) in [5.41, 5.74) is 1.28. The van der Waals surface area contributed by atoms with E-state index >= 15 is 0 Å². The molecule has 0 saturated heterocycles. The first-order valence-electron chi connectivity index (χ1n) is 7.77. The van der Waals surface area contributed by atoms with Crippen LogP contribution in [0.2, 0.25) is 0 Å². The lowest BCUT2D eigenvalue weighted by Crippen LogP contribution is -2.29. The van der Waals surface area contributed by atoms with Gasteiger partial charge in [-0.25, -0.2) is 4.98 Å². The maximum absolute atomic E-state index is 4.93. The molecule has 1 heterocycles. The van der Waals surface area contributed by atoms with E-state index in [4.69, 9.17) is 4.98 Å². The van der Waals surface area contributed by atoms with Crippen LogP contribution in [0.1, 0.15) is 63.9 Å². The summed E-state index contributed by atoms with van der Waals surface area (Å²) in [5.74, 6) is 1.26. The average Bonchev–Trinajstić information content (AvgIpc) is 2.80. The van der Waals surface area contributed by atoms with E-state index in [9.17, 15) is 0 Å². The number of hydrogen-bond donors (Lipinski definition) is 1. The van der Waals surface area contributed by atoms with E-state index in [2.05, 4.69) is 51.9 Å². The number of anilines is 1. The van der Waals surface area contributed by atoms with E-state index in [0.717, 1.165) is 18.9 Å². The van der Waals surface area contributed by atoms with Crippen molar-refractivity contribution in [3.63, 3.8) is 0 Å². The molecule has 1 rings (SSSR count). The molecule has 0 spiro atoms. The SMILES string of the molecule is CCC(C)c1nc(N(C)C(C)CC(C)C)sc1CNC. The summed E-state index contributed by atoms with van der Waals surface area (Å²) in [6.07, 6.45) is 2.35. The molecule has 0 aliphatic heterocycles. The molecule has 2 unspecified atom stereocenters. The summed E-state index contributed by atoms with van der Waals surface area (Å²) in [6, 6.07) is 0.536. The Labute approximate surface area is 128 Å². The van der Waals surface area contributed by atoms with Gasteiger partial charge in [0.1, 0.15) is 0 Å². The third-order valence-corrected chi connectivity index (χ3v) is 5.07. The molecule has 0 amide bonds. The van der Waals surface area contributed by atoms with Crippen molar-refractivity contribution in [2.75, 3.05) is 19.0 Å². The molecule has 3 nitrogen and oxygen atoms in total. The van der Waals surface area contributed by atoms with Crippen molar-refractivity contribution in [2.24, 2.45) is 5.92 Å². The van der Waals surface area contributed by atoms with E-state index in [0.29, 0.717) is 12.0 Å². The van der Waals surface area contributed by atoms with Crippen molar-refractivity contribution >= 4 is 16.5 Å². The molecule has 1 aromatic heterocycles. The Morgan fingerprint density at radius 2 is 1.90 bits per heavy atom. The van der Waals surface area contributed by atoms with E-state index in [1.54, 1.807) is 0 Å². The van der Waals surface area contributed by atoms with Crippen LogP contribution in [-0.2, 0) is 6.54 Å². The minimum atomic E-state index is 0.536. The molecule has 0 aromatic carbocycles. The minimum Gasteiger partial charge on any atom is -0.348 e. The Hall–Kier alpha value is -0.610. The highest BCUT2D eigenvalue weighted by Gasteiger charge is 2.20. The molecule has 1 N–H and O–H groups in total. The van der Waals surface area contributed by atoms with Gasteiger partial charge in [-0.3, -0.25) is 0 Å². The van der Waals surface area contributed by atoms with Crippen molar-refractivity contribution in [1.29, 1.82) is 0 Å². The normalized spacial score (nSPS) is 14.6. The fraction of sp³-hybridized carbons (Fsp3) is 0.812. The van der Waals surface area contributed by atoms with Gasteiger partial charge >= 0.3 is 0 Å². The van der Waals surface area contributed by atoms with Crippen molar-refractivity contribution < 1.29 is 0 Å². The summed E-state index contributed by atoms with van der Waals surface area (Å²) in [5, 5.41) is 4.43. The number of nitrogens with one attached hydrogen (secondary N) is 1.